The molecule has 1 aliphatic rings. The highest BCUT2D eigenvalue weighted by Gasteiger charge is 2.39. The van der Waals surface area contributed by atoms with Crippen LogP contribution in [0, 0.1) is 12.7 Å². The van der Waals surface area contributed by atoms with E-state index in [2.05, 4.69) is 0 Å². The number of nitrogens with one attached hydrogen (secondary N) is 1. The van der Waals surface area contributed by atoms with Crippen LogP contribution in [0.2, 0.25) is 0 Å². The zero-order chi connectivity index (χ0) is 11.9. The van der Waals surface area contributed by atoms with Gasteiger partial charge in [-0.2, -0.15) is 0 Å². The summed E-state index contributed by atoms with van der Waals surface area (Å²) in [6.07, 6.45) is 0. The molecule has 1 aromatic carbocycles. The van der Waals surface area contributed by atoms with Crippen LogP contribution >= 0.6 is 0 Å². The van der Waals surface area contributed by atoms with Crippen LogP contribution in [0.3, 0.4) is 0 Å². The first-order chi connectivity index (χ1) is 7.50. The zero-order valence-electron chi connectivity index (χ0n) is 8.28. The number of imide groups is 2. The second-order valence-corrected chi connectivity index (χ2v) is 3.35. The van der Waals surface area contributed by atoms with Gasteiger partial charge in [0, 0.05) is 0 Å². The van der Waals surface area contributed by atoms with Crippen LogP contribution in [0.25, 0.3) is 0 Å². The van der Waals surface area contributed by atoms with Crippen molar-refractivity contribution in [2.24, 2.45) is 0 Å². The molecular weight excluding hydrogens is 215 g/mol. The molecule has 1 fully saturated rings. The fourth-order valence-electron chi connectivity index (χ4n) is 1.41. The monoisotopic (exact) mass is 222 g/mol. The normalized spacial score (nSPS) is 15.6. The van der Waals surface area contributed by atoms with E-state index in [0.717, 1.165) is 6.07 Å². The Balaban J connectivity index is 2.52. The number of benzene rings is 1. The quantitative estimate of drug-likeness (QED) is 0.562. The number of amides is 4. The van der Waals surface area contributed by atoms with E-state index in [1.54, 1.807) is 12.2 Å². The number of urea groups is 1. The predicted octanol–water partition coefficient (Wildman–Crippen LogP) is 0.717. The van der Waals surface area contributed by atoms with Gasteiger partial charge in [0.15, 0.2) is 0 Å². The molecule has 0 atom stereocenters. The third-order valence-electron chi connectivity index (χ3n) is 2.16. The van der Waals surface area contributed by atoms with Gasteiger partial charge in [-0.25, -0.2) is 14.1 Å². The van der Waals surface area contributed by atoms with Crippen LogP contribution in [-0.4, -0.2) is 17.8 Å². The van der Waals surface area contributed by atoms with E-state index in [1.165, 1.54) is 12.1 Å². The molecule has 4 amide bonds. The molecule has 1 aromatic rings. The SMILES string of the molecule is Cc1ccc(F)c(N2C(=O)NC(=O)C2=O)c1. The average molecular weight is 222 g/mol. The minimum absolute atomic E-state index is 0.214. The number of anilines is 1. The van der Waals surface area contributed by atoms with Gasteiger partial charge in [0.25, 0.3) is 0 Å². The molecule has 1 N–H and O–H groups in total. The van der Waals surface area contributed by atoms with Gasteiger partial charge in [-0.15, -0.1) is 0 Å². The Bertz CT molecular complexity index is 513. The number of hydrogen-bond donors (Lipinski definition) is 1. The fraction of sp³-hybridized carbons (Fsp3) is 0.100. The second kappa shape index (κ2) is 3.41. The maximum atomic E-state index is 13.4. The summed E-state index contributed by atoms with van der Waals surface area (Å²) in [5.74, 6) is -2.86. The molecule has 0 aliphatic carbocycles. The van der Waals surface area contributed by atoms with Gasteiger partial charge >= 0.3 is 17.8 Å². The van der Waals surface area contributed by atoms with Crippen molar-refractivity contribution in [3.8, 4) is 0 Å². The van der Waals surface area contributed by atoms with Crippen molar-refractivity contribution in [1.29, 1.82) is 0 Å². The van der Waals surface area contributed by atoms with Gasteiger partial charge in [-0.3, -0.25) is 14.9 Å². The molecule has 82 valence electrons. The molecule has 1 aliphatic heterocycles. The Morgan fingerprint density at radius 2 is 1.94 bits per heavy atom. The van der Waals surface area contributed by atoms with Crippen molar-refractivity contribution in [3.63, 3.8) is 0 Å². The van der Waals surface area contributed by atoms with Crippen molar-refractivity contribution in [3.05, 3.63) is 29.6 Å². The Hall–Kier alpha value is -2.24. The molecule has 0 spiro atoms. The molecule has 0 aromatic heterocycles. The van der Waals surface area contributed by atoms with Gasteiger partial charge < -0.3 is 0 Å². The van der Waals surface area contributed by atoms with E-state index in [1.807, 2.05) is 0 Å². The second-order valence-electron chi connectivity index (χ2n) is 3.35. The molecule has 0 saturated carbocycles. The van der Waals surface area contributed by atoms with Crippen LogP contribution in [0.5, 0.6) is 0 Å². The lowest BCUT2D eigenvalue weighted by Crippen LogP contribution is -2.31. The van der Waals surface area contributed by atoms with Crippen LogP contribution in [0.1, 0.15) is 5.56 Å². The first kappa shape index (κ1) is 10.3. The van der Waals surface area contributed by atoms with Crippen molar-refractivity contribution in [2.45, 2.75) is 6.92 Å². The fourth-order valence-corrected chi connectivity index (χ4v) is 1.41. The molecule has 2 rings (SSSR count). The number of hydrogen-bond acceptors (Lipinski definition) is 3. The topological polar surface area (TPSA) is 66.5 Å². The van der Waals surface area contributed by atoms with Crippen LogP contribution in [-0.2, 0) is 9.59 Å². The lowest BCUT2D eigenvalue weighted by atomic mass is 10.2. The average Bonchev–Trinajstić information content (AvgIpc) is 2.46. The summed E-state index contributed by atoms with van der Waals surface area (Å²) in [4.78, 5) is 34.0. The third-order valence-corrected chi connectivity index (χ3v) is 2.16. The minimum Gasteiger partial charge on any atom is -0.269 e. The Labute approximate surface area is 89.8 Å². The minimum atomic E-state index is -1.07. The summed E-state index contributed by atoms with van der Waals surface area (Å²) < 4.78 is 13.4. The standard InChI is InChI=1S/C10H7FN2O3/c1-5-2-3-6(11)7(4-5)13-9(15)8(14)12-10(13)16/h2-4H,1H3,(H,12,14,16). The summed E-state index contributed by atoms with van der Waals surface area (Å²) >= 11 is 0. The Morgan fingerprint density at radius 3 is 2.50 bits per heavy atom. The van der Waals surface area contributed by atoms with Crippen LogP contribution in [0.15, 0.2) is 18.2 Å². The van der Waals surface area contributed by atoms with Gasteiger partial charge in [0.05, 0.1) is 5.69 Å². The van der Waals surface area contributed by atoms with E-state index < -0.39 is 23.7 Å². The number of carbonyl (C=O) groups is 3. The van der Waals surface area contributed by atoms with Gasteiger partial charge in [0.1, 0.15) is 5.82 Å². The highest BCUT2D eigenvalue weighted by Crippen LogP contribution is 2.22. The predicted molar refractivity (Wildman–Crippen MR) is 52.2 cm³/mol. The smallest absolute Gasteiger partial charge is 0.269 e. The largest absolute Gasteiger partial charge is 0.336 e. The summed E-state index contributed by atoms with van der Waals surface area (Å²) in [5, 5.41) is 1.79. The number of nitrogens with zero attached hydrogens (tertiary/aromatic N) is 1. The molecule has 1 heterocycles. The zero-order valence-corrected chi connectivity index (χ0v) is 8.28. The van der Waals surface area contributed by atoms with E-state index in [4.69, 9.17) is 0 Å². The third kappa shape index (κ3) is 1.44. The van der Waals surface area contributed by atoms with Gasteiger partial charge in [-0.05, 0) is 24.6 Å². The van der Waals surface area contributed by atoms with Crippen molar-refractivity contribution in [1.82, 2.24) is 5.32 Å². The highest BCUT2D eigenvalue weighted by atomic mass is 19.1. The summed E-state index contributed by atoms with van der Waals surface area (Å²) in [6.45, 7) is 1.68. The summed E-state index contributed by atoms with van der Waals surface area (Å²) in [6, 6.07) is 3.03. The highest BCUT2D eigenvalue weighted by molar-refractivity contribution is 6.53. The lowest BCUT2D eigenvalue weighted by Gasteiger charge is -2.12. The molecule has 6 heteroatoms. The maximum absolute atomic E-state index is 13.4. The van der Waals surface area contributed by atoms with E-state index >= 15 is 0 Å². The van der Waals surface area contributed by atoms with E-state index in [9.17, 15) is 18.8 Å². The lowest BCUT2D eigenvalue weighted by molar-refractivity contribution is -0.134. The van der Waals surface area contributed by atoms with Crippen LogP contribution in [0.4, 0.5) is 14.9 Å². The van der Waals surface area contributed by atoms with Gasteiger partial charge in [0.2, 0.25) is 0 Å². The number of carbonyl (C=O) groups excluding carboxylic acids is 3. The first-order valence-corrected chi connectivity index (χ1v) is 4.46. The molecule has 5 nitrogen and oxygen atoms in total. The number of halogens is 1. The molecule has 1 saturated heterocycles. The number of aryl methyl sites for hydroxylation is 1. The molecule has 16 heavy (non-hydrogen) atoms. The Morgan fingerprint density at radius 1 is 1.25 bits per heavy atom. The van der Waals surface area contributed by atoms with Crippen molar-refractivity contribution in [2.75, 3.05) is 4.90 Å². The maximum Gasteiger partial charge on any atom is 0.336 e. The van der Waals surface area contributed by atoms with Crippen LogP contribution < -0.4 is 10.2 Å². The first-order valence-electron chi connectivity index (χ1n) is 4.46. The van der Waals surface area contributed by atoms with Crippen molar-refractivity contribution < 1.29 is 18.8 Å². The molecule has 0 bridgehead atoms. The van der Waals surface area contributed by atoms with E-state index in [0.29, 0.717) is 10.5 Å². The molecular formula is C10H7FN2O3. The summed E-state index contributed by atoms with van der Waals surface area (Å²) in [5.41, 5.74) is 0.463. The number of rotatable bonds is 1. The Kier molecular flexibility index (Phi) is 2.19. The molecule has 0 radical (unpaired) electrons. The van der Waals surface area contributed by atoms with E-state index in [-0.39, 0.29) is 5.69 Å². The summed E-state index contributed by atoms with van der Waals surface area (Å²) in [7, 11) is 0. The van der Waals surface area contributed by atoms with Gasteiger partial charge in [-0.1, -0.05) is 6.07 Å². The van der Waals surface area contributed by atoms with Crippen molar-refractivity contribution >= 4 is 23.5 Å². The molecule has 0 unspecified atom stereocenters.